The summed E-state index contributed by atoms with van der Waals surface area (Å²) in [5.41, 5.74) is 0. The standard InChI is InChI=1S/C16H27N5O2/c1-4-14-17-15(19-18-14)11-5-7-21(8-6-11)16(22)13-9-12(23-3)10-20(13)2/h11-13H,4-10H2,1-3H3,(H,17,18,19)/t12-,13-/m0/s1. The largest absolute Gasteiger partial charge is 0.380 e. The summed E-state index contributed by atoms with van der Waals surface area (Å²) >= 11 is 0. The van der Waals surface area contributed by atoms with Gasteiger partial charge in [0.05, 0.1) is 12.1 Å². The van der Waals surface area contributed by atoms with Crippen molar-refractivity contribution >= 4 is 5.91 Å². The lowest BCUT2D eigenvalue weighted by Gasteiger charge is -2.33. The molecule has 1 aromatic rings. The summed E-state index contributed by atoms with van der Waals surface area (Å²) in [6.45, 7) is 4.49. The van der Waals surface area contributed by atoms with Crippen LogP contribution in [0.25, 0.3) is 0 Å². The van der Waals surface area contributed by atoms with Gasteiger partial charge >= 0.3 is 0 Å². The van der Waals surface area contributed by atoms with E-state index >= 15 is 0 Å². The number of ether oxygens (including phenoxy) is 1. The van der Waals surface area contributed by atoms with Gasteiger partial charge in [-0.05, 0) is 26.3 Å². The van der Waals surface area contributed by atoms with E-state index in [0.717, 1.165) is 57.0 Å². The van der Waals surface area contributed by atoms with Crippen molar-refractivity contribution < 1.29 is 9.53 Å². The van der Waals surface area contributed by atoms with Crippen LogP contribution in [0.2, 0.25) is 0 Å². The zero-order valence-corrected chi connectivity index (χ0v) is 14.3. The molecule has 0 bridgehead atoms. The normalized spacial score (nSPS) is 26.8. The van der Waals surface area contributed by atoms with Gasteiger partial charge in [-0.2, -0.15) is 5.10 Å². The zero-order valence-electron chi connectivity index (χ0n) is 14.3. The van der Waals surface area contributed by atoms with Crippen LogP contribution in [0.5, 0.6) is 0 Å². The molecule has 0 radical (unpaired) electrons. The Morgan fingerprint density at radius 2 is 2.13 bits per heavy atom. The van der Waals surface area contributed by atoms with Gasteiger partial charge in [0.25, 0.3) is 0 Å². The van der Waals surface area contributed by atoms with Gasteiger partial charge in [-0.3, -0.25) is 14.8 Å². The van der Waals surface area contributed by atoms with E-state index in [1.807, 2.05) is 11.9 Å². The summed E-state index contributed by atoms with van der Waals surface area (Å²) < 4.78 is 5.40. The first-order chi connectivity index (χ1) is 11.1. The molecule has 0 aromatic carbocycles. The number of aromatic amines is 1. The Morgan fingerprint density at radius 3 is 2.70 bits per heavy atom. The van der Waals surface area contributed by atoms with Gasteiger partial charge in [0, 0.05) is 39.1 Å². The lowest BCUT2D eigenvalue weighted by molar-refractivity contribution is -0.136. The van der Waals surface area contributed by atoms with Crippen LogP contribution in [0.1, 0.15) is 43.8 Å². The van der Waals surface area contributed by atoms with E-state index in [-0.39, 0.29) is 18.1 Å². The molecule has 2 fully saturated rings. The molecule has 23 heavy (non-hydrogen) atoms. The van der Waals surface area contributed by atoms with Crippen molar-refractivity contribution in [3.63, 3.8) is 0 Å². The smallest absolute Gasteiger partial charge is 0.240 e. The maximum Gasteiger partial charge on any atom is 0.240 e. The number of hydrogen-bond donors (Lipinski definition) is 1. The number of carbonyl (C=O) groups is 1. The number of aryl methyl sites for hydroxylation is 1. The molecule has 0 saturated carbocycles. The highest BCUT2D eigenvalue weighted by molar-refractivity contribution is 5.82. The summed E-state index contributed by atoms with van der Waals surface area (Å²) in [7, 11) is 3.73. The molecule has 2 aliphatic heterocycles. The first-order valence-electron chi connectivity index (χ1n) is 8.55. The van der Waals surface area contributed by atoms with E-state index in [2.05, 4.69) is 27.0 Å². The molecule has 2 saturated heterocycles. The first-order valence-corrected chi connectivity index (χ1v) is 8.55. The van der Waals surface area contributed by atoms with Crippen molar-refractivity contribution in [2.24, 2.45) is 0 Å². The maximum atomic E-state index is 12.8. The van der Waals surface area contributed by atoms with E-state index in [4.69, 9.17) is 4.74 Å². The van der Waals surface area contributed by atoms with E-state index in [1.165, 1.54) is 0 Å². The third-order valence-electron chi connectivity index (χ3n) is 5.18. The minimum absolute atomic E-state index is 0.0355. The number of likely N-dealkylation sites (N-methyl/N-ethyl adjacent to an activating group) is 1. The Labute approximate surface area is 137 Å². The molecule has 1 N–H and O–H groups in total. The molecular weight excluding hydrogens is 294 g/mol. The van der Waals surface area contributed by atoms with Crippen molar-refractivity contribution in [2.45, 2.75) is 50.7 Å². The highest BCUT2D eigenvalue weighted by atomic mass is 16.5. The number of amides is 1. The molecule has 2 atom stereocenters. The van der Waals surface area contributed by atoms with E-state index in [0.29, 0.717) is 5.92 Å². The van der Waals surface area contributed by atoms with Gasteiger partial charge in [0.2, 0.25) is 5.91 Å². The Kier molecular flexibility index (Phi) is 4.96. The summed E-state index contributed by atoms with van der Waals surface area (Å²) in [5, 5.41) is 7.31. The fraction of sp³-hybridized carbons (Fsp3) is 0.812. The quantitative estimate of drug-likeness (QED) is 0.887. The minimum Gasteiger partial charge on any atom is -0.380 e. The maximum absolute atomic E-state index is 12.8. The Morgan fingerprint density at radius 1 is 1.39 bits per heavy atom. The average Bonchev–Trinajstić information content (AvgIpc) is 3.20. The van der Waals surface area contributed by atoms with Gasteiger partial charge in [-0.15, -0.1) is 0 Å². The van der Waals surface area contributed by atoms with Crippen LogP contribution in [-0.4, -0.2) is 76.8 Å². The first kappa shape index (κ1) is 16.4. The highest BCUT2D eigenvalue weighted by Crippen LogP contribution is 2.27. The number of methoxy groups -OCH3 is 1. The van der Waals surface area contributed by atoms with Crippen LogP contribution in [-0.2, 0) is 16.0 Å². The molecule has 3 rings (SSSR count). The summed E-state index contributed by atoms with van der Waals surface area (Å²) in [4.78, 5) is 21.4. The van der Waals surface area contributed by atoms with E-state index in [1.54, 1.807) is 7.11 Å². The lowest BCUT2D eigenvalue weighted by atomic mass is 9.95. The van der Waals surface area contributed by atoms with Crippen molar-refractivity contribution in [1.29, 1.82) is 0 Å². The number of aromatic nitrogens is 3. The van der Waals surface area contributed by atoms with Gasteiger partial charge < -0.3 is 9.64 Å². The molecule has 0 spiro atoms. The predicted octanol–water partition coefficient (Wildman–Crippen LogP) is 0.792. The van der Waals surface area contributed by atoms with Gasteiger partial charge in [-0.1, -0.05) is 6.92 Å². The Balaban J connectivity index is 1.55. The third-order valence-corrected chi connectivity index (χ3v) is 5.18. The van der Waals surface area contributed by atoms with Crippen LogP contribution < -0.4 is 0 Å². The van der Waals surface area contributed by atoms with Crippen LogP contribution in [0.4, 0.5) is 0 Å². The molecular formula is C16H27N5O2. The molecule has 1 amide bonds. The number of hydrogen-bond acceptors (Lipinski definition) is 5. The molecule has 3 heterocycles. The molecule has 1 aromatic heterocycles. The van der Waals surface area contributed by atoms with Crippen molar-refractivity contribution in [1.82, 2.24) is 25.0 Å². The molecule has 0 unspecified atom stereocenters. The number of H-pyrrole nitrogens is 1. The van der Waals surface area contributed by atoms with Crippen LogP contribution in [0.15, 0.2) is 0 Å². The zero-order chi connectivity index (χ0) is 16.4. The van der Waals surface area contributed by atoms with Gasteiger partial charge in [0.15, 0.2) is 5.82 Å². The summed E-state index contributed by atoms with van der Waals surface area (Å²) in [5.74, 6) is 2.46. The topological polar surface area (TPSA) is 74.4 Å². The SMILES string of the molecule is CCc1nc(C2CCN(C(=O)[C@@H]3C[C@H](OC)CN3C)CC2)n[nH]1. The Bertz CT molecular complexity index is 538. The van der Waals surface area contributed by atoms with Gasteiger partial charge in [0.1, 0.15) is 5.82 Å². The second-order valence-corrected chi connectivity index (χ2v) is 6.64. The van der Waals surface area contributed by atoms with E-state index < -0.39 is 0 Å². The second-order valence-electron chi connectivity index (χ2n) is 6.64. The molecule has 128 valence electrons. The molecule has 0 aliphatic carbocycles. The average molecular weight is 321 g/mol. The minimum atomic E-state index is -0.0355. The summed E-state index contributed by atoms with van der Waals surface area (Å²) in [6.07, 6.45) is 3.73. The molecule has 7 nitrogen and oxygen atoms in total. The monoisotopic (exact) mass is 321 g/mol. The van der Waals surface area contributed by atoms with Gasteiger partial charge in [-0.25, -0.2) is 4.98 Å². The fourth-order valence-electron chi connectivity index (χ4n) is 3.63. The molecule has 7 heteroatoms. The van der Waals surface area contributed by atoms with E-state index in [9.17, 15) is 4.79 Å². The van der Waals surface area contributed by atoms with Crippen molar-refractivity contribution in [2.75, 3.05) is 33.8 Å². The number of carbonyl (C=O) groups excluding carboxylic acids is 1. The number of nitrogens with zero attached hydrogens (tertiary/aromatic N) is 4. The number of likely N-dealkylation sites (tertiary alicyclic amines) is 2. The number of rotatable bonds is 4. The summed E-state index contributed by atoms with van der Waals surface area (Å²) in [6, 6.07) is -0.0355. The van der Waals surface area contributed by atoms with Crippen LogP contribution in [0.3, 0.4) is 0 Å². The molecule has 2 aliphatic rings. The predicted molar refractivity (Wildman–Crippen MR) is 86.1 cm³/mol. The number of piperidine rings is 1. The second kappa shape index (κ2) is 6.97. The van der Waals surface area contributed by atoms with Crippen LogP contribution >= 0.6 is 0 Å². The lowest BCUT2D eigenvalue weighted by Crippen LogP contribution is -2.47. The highest BCUT2D eigenvalue weighted by Gasteiger charge is 2.38. The third kappa shape index (κ3) is 3.40. The Hall–Kier alpha value is -1.47. The van der Waals surface area contributed by atoms with Crippen molar-refractivity contribution in [3.8, 4) is 0 Å². The number of nitrogens with one attached hydrogen (secondary N) is 1. The van der Waals surface area contributed by atoms with Crippen LogP contribution in [0, 0.1) is 0 Å². The fourth-order valence-corrected chi connectivity index (χ4v) is 3.63. The van der Waals surface area contributed by atoms with Crippen molar-refractivity contribution in [3.05, 3.63) is 11.6 Å².